The number of anilines is 1. The summed E-state index contributed by atoms with van der Waals surface area (Å²) in [7, 11) is 0. The van der Waals surface area contributed by atoms with Crippen molar-refractivity contribution in [1.29, 1.82) is 0 Å². The number of carbonyl (C=O) groups is 1. The first-order valence-electron chi connectivity index (χ1n) is 10.8. The maximum Gasteiger partial charge on any atom is 0.248 e. The fourth-order valence-electron chi connectivity index (χ4n) is 4.48. The molecular weight excluding hydrogens is 424 g/mol. The summed E-state index contributed by atoms with van der Waals surface area (Å²) in [5.41, 5.74) is 8.72. The number of nitrogens with one attached hydrogen (secondary N) is 1. The van der Waals surface area contributed by atoms with Crippen LogP contribution in [0.3, 0.4) is 0 Å². The van der Waals surface area contributed by atoms with E-state index in [0.717, 1.165) is 16.6 Å². The first kappa shape index (κ1) is 21.3. The van der Waals surface area contributed by atoms with Crippen LogP contribution in [0.25, 0.3) is 22.2 Å². The second kappa shape index (κ2) is 8.09. The highest BCUT2D eigenvalue weighted by atomic mass is 16.5. The van der Waals surface area contributed by atoms with E-state index in [1.54, 1.807) is 18.2 Å². The molecule has 1 amide bonds. The van der Waals surface area contributed by atoms with Crippen molar-refractivity contribution < 1.29 is 14.6 Å². The van der Waals surface area contributed by atoms with Gasteiger partial charge in [-0.3, -0.25) is 4.79 Å². The summed E-state index contributed by atoms with van der Waals surface area (Å²) in [6, 6.07) is 5.67. The van der Waals surface area contributed by atoms with Gasteiger partial charge in [-0.05, 0) is 38.0 Å². The first-order chi connectivity index (χ1) is 15.8. The molecule has 172 valence electrons. The normalized spacial score (nSPS) is 21.2. The van der Waals surface area contributed by atoms with Crippen LogP contribution >= 0.6 is 0 Å². The monoisotopic (exact) mass is 450 g/mol. The molecule has 0 radical (unpaired) electrons. The molecule has 1 aliphatic heterocycles. The second-order valence-corrected chi connectivity index (χ2v) is 8.76. The Labute approximate surface area is 189 Å². The van der Waals surface area contributed by atoms with Gasteiger partial charge in [-0.1, -0.05) is 6.07 Å². The van der Waals surface area contributed by atoms with Gasteiger partial charge in [0.2, 0.25) is 5.91 Å². The van der Waals surface area contributed by atoms with Crippen molar-refractivity contribution >= 4 is 33.9 Å². The van der Waals surface area contributed by atoms with E-state index in [9.17, 15) is 9.90 Å². The van der Waals surface area contributed by atoms with Gasteiger partial charge < -0.3 is 30.0 Å². The van der Waals surface area contributed by atoms with Crippen LogP contribution in [0.1, 0.15) is 30.8 Å². The van der Waals surface area contributed by atoms with E-state index in [1.165, 1.54) is 6.33 Å². The SMILES string of the molecule is Cc1ccc2nc(COCC(=O)N3CC[C@H](n4cnc5c(N)ncnc54)[C@@](C)(O)C3)[nH]c2c1. The first-order valence-corrected chi connectivity index (χ1v) is 10.8. The van der Waals surface area contributed by atoms with Crippen LogP contribution in [0.4, 0.5) is 5.82 Å². The number of rotatable bonds is 5. The zero-order valence-electron chi connectivity index (χ0n) is 18.5. The highest BCUT2D eigenvalue weighted by molar-refractivity contribution is 5.81. The molecule has 5 rings (SSSR count). The lowest BCUT2D eigenvalue weighted by Crippen LogP contribution is -2.54. The number of aromatic amines is 1. The summed E-state index contributed by atoms with van der Waals surface area (Å²) in [5, 5.41) is 11.2. The molecule has 33 heavy (non-hydrogen) atoms. The summed E-state index contributed by atoms with van der Waals surface area (Å²) in [6.07, 6.45) is 3.53. The van der Waals surface area contributed by atoms with E-state index in [-0.39, 0.29) is 31.7 Å². The van der Waals surface area contributed by atoms with Crippen LogP contribution in [0.5, 0.6) is 0 Å². The fraction of sp³-hybridized carbons (Fsp3) is 0.409. The number of piperidine rings is 1. The van der Waals surface area contributed by atoms with E-state index in [4.69, 9.17) is 10.5 Å². The third-order valence-electron chi connectivity index (χ3n) is 6.13. The number of likely N-dealkylation sites (tertiary alicyclic amines) is 1. The van der Waals surface area contributed by atoms with Crippen LogP contribution in [-0.2, 0) is 16.1 Å². The van der Waals surface area contributed by atoms with Gasteiger partial charge in [-0.15, -0.1) is 0 Å². The minimum atomic E-state index is -1.18. The average molecular weight is 451 g/mol. The topological polar surface area (TPSA) is 148 Å². The van der Waals surface area contributed by atoms with E-state index in [0.29, 0.717) is 35.8 Å². The van der Waals surface area contributed by atoms with Crippen molar-refractivity contribution in [1.82, 2.24) is 34.4 Å². The number of hydrogen-bond acceptors (Lipinski definition) is 8. The molecule has 3 aromatic heterocycles. The predicted octanol–water partition coefficient (Wildman–Crippen LogP) is 1.33. The molecule has 2 atom stereocenters. The van der Waals surface area contributed by atoms with Crippen LogP contribution in [0, 0.1) is 6.92 Å². The lowest BCUT2D eigenvalue weighted by molar-refractivity contribution is -0.145. The maximum atomic E-state index is 12.7. The molecule has 1 aliphatic rings. The van der Waals surface area contributed by atoms with E-state index in [1.807, 2.05) is 29.7 Å². The molecule has 11 nitrogen and oxygen atoms in total. The van der Waals surface area contributed by atoms with Crippen molar-refractivity contribution in [2.45, 2.75) is 38.5 Å². The minimum Gasteiger partial charge on any atom is -0.386 e. The number of ether oxygens (including phenoxy) is 1. The summed E-state index contributed by atoms with van der Waals surface area (Å²) < 4.78 is 7.43. The largest absolute Gasteiger partial charge is 0.386 e. The number of nitrogens with two attached hydrogens (primary N) is 1. The number of hydrogen-bond donors (Lipinski definition) is 3. The highest BCUT2D eigenvalue weighted by Gasteiger charge is 2.41. The highest BCUT2D eigenvalue weighted by Crippen LogP contribution is 2.34. The Balaban J connectivity index is 1.21. The van der Waals surface area contributed by atoms with Crippen molar-refractivity contribution in [2.24, 2.45) is 0 Å². The molecular formula is C22H26N8O3. The number of nitrogens with zero attached hydrogens (tertiary/aromatic N) is 6. The number of benzene rings is 1. The molecule has 0 bridgehead atoms. The zero-order valence-corrected chi connectivity index (χ0v) is 18.5. The molecule has 0 saturated carbocycles. The number of H-pyrrole nitrogens is 1. The number of imidazole rings is 2. The van der Waals surface area contributed by atoms with E-state index in [2.05, 4.69) is 24.9 Å². The number of aromatic nitrogens is 6. The van der Waals surface area contributed by atoms with Crippen LogP contribution in [-0.4, -0.2) is 70.7 Å². The number of nitrogen functional groups attached to an aromatic ring is 1. The summed E-state index contributed by atoms with van der Waals surface area (Å²) in [5.74, 6) is 0.785. The van der Waals surface area contributed by atoms with Gasteiger partial charge >= 0.3 is 0 Å². The van der Waals surface area contributed by atoms with Crippen LogP contribution in [0.2, 0.25) is 0 Å². The third kappa shape index (κ3) is 4.00. The Morgan fingerprint density at radius 2 is 2.21 bits per heavy atom. The number of carbonyl (C=O) groups excluding carboxylic acids is 1. The summed E-state index contributed by atoms with van der Waals surface area (Å²) in [6.45, 7) is 4.50. The Hall–Kier alpha value is -3.57. The predicted molar refractivity (Wildman–Crippen MR) is 121 cm³/mol. The van der Waals surface area contributed by atoms with Gasteiger partial charge in [0.1, 0.15) is 36.5 Å². The Morgan fingerprint density at radius 3 is 3.03 bits per heavy atom. The summed E-state index contributed by atoms with van der Waals surface area (Å²) >= 11 is 0. The van der Waals surface area contributed by atoms with Crippen molar-refractivity contribution in [3.8, 4) is 0 Å². The number of amides is 1. The molecule has 4 N–H and O–H groups in total. The van der Waals surface area contributed by atoms with E-state index >= 15 is 0 Å². The molecule has 1 fully saturated rings. The fourth-order valence-corrected chi connectivity index (χ4v) is 4.48. The van der Waals surface area contributed by atoms with Crippen LogP contribution < -0.4 is 5.73 Å². The van der Waals surface area contributed by atoms with Gasteiger partial charge in [0.15, 0.2) is 11.5 Å². The molecule has 4 heterocycles. The number of aryl methyl sites for hydroxylation is 1. The lowest BCUT2D eigenvalue weighted by atomic mass is 9.88. The van der Waals surface area contributed by atoms with Gasteiger partial charge in [-0.2, -0.15) is 0 Å². The average Bonchev–Trinajstić information content (AvgIpc) is 3.37. The minimum absolute atomic E-state index is 0.0887. The number of fused-ring (bicyclic) bond motifs is 2. The molecule has 4 aromatic rings. The van der Waals surface area contributed by atoms with E-state index < -0.39 is 5.60 Å². The Morgan fingerprint density at radius 1 is 1.36 bits per heavy atom. The maximum absolute atomic E-state index is 12.7. The molecule has 0 aliphatic carbocycles. The zero-order chi connectivity index (χ0) is 23.2. The van der Waals surface area contributed by atoms with Gasteiger partial charge in [-0.25, -0.2) is 19.9 Å². The van der Waals surface area contributed by atoms with Gasteiger partial charge in [0, 0.05) is 6.54 Å². The third-order valence-corrected chi connectivity index (χ3v) is 6.13. The quantitative estimate of drug-likeness (QED) is 0.412. The standard InChI is InChI=1S/C22H26N8O3/c1-13-3-4-14-15(7-13)28-17(27-14)8-33-9-18(31)29-6-5-16(22(2,32)10-29)30-12-26-19-20(23)24-11-25-21(19)30/h3-4,7,11-12,16,32H,5-6,8-10H2,1-2H3,(H,27,28)(H2,23,24,25)/t16-,22-/m0/s1. The molecule has 1 aromatic carbocycles. The Bertz CT molecular complexity index is 1330. The van der Waals surface area contributed by atoms with Crippen molar-refractivity contribution in [2.75, 3.05) is 25.4 Å². The lowest BCUT2D eigenvalue weighted by Gasteiger charge is -2.43. The second-order valence-electron chi connectivity index (χ2n) is 8.76. The van der Waals surface area contributed by atoms with Crippen molar-refractivity contribution in [3.05, 3.63) is 42.2 Å². The van der Waals surface area contributed by atoms with Gasteiger partial charge in [0.25, 0.3) is 0 Å². The molecule has 1 saturated heterocycles. The Kier molecular flexibility index (Phi) is 5.22. The molecule has 0 unspecified atom stereocenters. The number of β-amino-alcohol motifs (C(OH)–C–C–N with tert-alkyl or cyclic N) is 1. The van der Waals surface area contributed by atoms with Gasteiger partial charge in [0.05, 0.1) is 29.9 Å². The van der Waals surface area contributed by atoms with Crippen molar-refractivity contribution in [3.63, 3.8) is 0 Å². The van der Waals surface area contributed by atoms with Crippen LogP contribution in [0.15, 0.2) is 30.9 Å². The summed E-state index contributed by atoms with van der Waals surface area (Å²) in [4.78, 5) is 34.6. The molecule has 11 heteroatoms. The smallest absolute Gasteiger partial charge is 0.248 e. The molecule has 0 spiro atoms. The number of aliphatic hydroxyl groups is 1.